The van der Waals surface area contributed by atoms with E-state index in [0.717, 1.165) is 22.3 Å². The Morgan fingerprint density at radius 2 is 0.875 bits per heavy atom. The molecule has 4 aromatic carbocycles. The molecular formula is C28H22N2O2. The molecule has 4 nitrogen and oxygen atoms in total. The van der Waals surface area contributed by atoms with Crippen molar-refractivity contribution in [2.75, 3.05) is 0 Å². The van der Waals surface area contributed by atoms with Crippen molar-refractivity contribution < 1.29 is 10.2 Å². The van der Waals surface area contributed by atoms with Gasteiger partial charge in [-0.25, -0.2) is 0 Å². The fraction of sp³-hybridized carbons (Fsp3) is 0.0714. The third-order valence-electron chi connectivity index (χ3n) is 5.77. The predicted octanol–water partition coefficient (Wildman–Crippen LogP) is 6.10. The zero-order chi connectivity index (χ0) is 21.9. The van der Waals surface area contributed by atoms with Crippen LogP contribution in [0.25, 0.3) is 11.1 Å². The average molecular weight is 418 g/mol. The molecule has 0 aromatic heterocycles. The summed E-state index contributed by atoms with van der Waals surface area (Å²) in [6, 6.07) is 30.2. The molecule has 0 radical (unpaired) electrons. The van der Waals surface area contributed by atoms with Crippen LogP contribution in [0.5, 0.6) is 11.5 Å². The van der Waals surface area contributed by atoms with Gasteiger partial charge in [-0.05, 0) is 46.5 Å². The van der Waals surface area contributed by atoms with E-state index in [1.165, 1.54) is 0 Å². The fourth-order valence-electron chi connectivity index (χ4n) is 4.18. The van der Waals surface area contributed by atoms with Gasteiger partial charge in [0.25, 0.3) is 0 Å². The van der Waals surface area contributed by atoms with Crippen LogP contribution in [0.1, 0.15) is 34.3 Å². The van der Waals surface area contributed by atoms with Gasteiger partial charge in [-0.15, -0.1) is 0 Å². The van der Waals surface area contributed by atoms with Gasteiger partial charge in [0.2, 0.25) is 0 Å². The Kier molecular flexibility index (Phi) is 5.26. The molecule has 0 saturated heterocycles. The number of aliphatic imine (C=N–C) groups is 2. The number of nitrogens with zero attached hydrogens (tertiary/aromatic N) is 2. The first kappa shape index (κ1) is 19.8. The Morgan fingerprint density at radius 3 is 1.31 bits per heavy atom. The van der Waals surface area contributed by atoms with Crippen molar-refractivity contribution >= 4 is 12.4 Å². The number of phenols is 2. The highest BCUT2D eigenvalue weighted by atomic mass is 16.3. The minimum Gasteiger partial charge on any atom is -0.507 e. The van der Waals surface area contributed by atoms with Crippen LogP contribution >= 0.6 is 0 Å². The Morgan fingerprint density at radius 1 is 0.500 bits per heavy atom. The molecule has 156 valence electrons. The summed E-state index contributed by atoms with van der Waals surface area (Å²) in [6.45, 7) is 0. The highest BCUT2D eigenvalue weighted by Crippen LogP contribution is 2.48. The van der Waals surface area contributed by atoms with E-state index in [1.807, 2.05) is 48.5 Å². The van der Waals surface area contributed by atoms with Crippen LogP contribution in [0.2, 0.25) is 0 Å². The standard InChI is InChI=1S/C28H22N2O2/c31-25-15-7-1-9-19(25)17-29-27-23-13-5-3-11-21(23)22-12-4-6-14-24(22)28(27)30-18-20-10-2-8-16-26(20)32/h1-18,27-28,31-32H/t27-,28-/m1/s1. The molecule has 4 aromatic rings. The van der Waals surface area contributed by atoms with Gasteiger partial charge in [0, 0.05) is 23.6 Å². The lowest BCUT2D eigenvalue weighted by atomic mass is 9.79. The topological polar surface area (TPSA) is 65.2 Å². The second-order valence-corrected chi connectivity index (χ2v) is 7.74. The highest BCUT2D eigenvalue weighted by molar-refractivity contribution is 5.86. The lowest BCUT2D eigenvalue weighted by Gasteiger charge is -2.31. The van der Waals surface area contributed by atoms with Crippen molar-refractivity contribution in [3.63, 3.8) is 0 Å². The molecule has 0 bridgehead atoms. The minimum absolute atomic E-state index is 0.190. The molecule has 0 spiro atoms. The average Bonchev–Trinajstić information content (AvgIpc) is 2.83. The summed E-state index contributed by atoms with van der Waals surface area (Å²) >= 11 is 0. The van der Waals surface area contributed by atoms with Gasteiger partial charge >= 0.3 is 0 Å². The van der Waals surface area contributed by atoms with Crippen LogP contribution < -0.4 is 0 Å². The molecule has 0 fully saturated rings. The lowest BCUT2D eigenvalue weighted by molar-refractivity contribution is 0.473. The van der Waals surface area contributed by atoms with E-state index >= 15 is 0 Å². The zero-order valence-electron chi connectivity index (χ0n) is 17.3. The van der Waals surface area contributed by atoms with E-state index in [0.29, 0.717) is 11.1 Å². The number of rotatable bonds is 4. The van der Waals surface area contributed by atoms with Crippen molar-refractivity contribution in [1.82, 2.24) is 0 Å². The number of benzene rings is 4. The number of para-hydroxylation sites is 2. The smallest absolute Gasteiger partial charge is 0.124 e. The van der Waals surface area contributed by atoms with Crippen LogP contribution in [0.15, 0.2) is 107 Å². The highest BCUT2D eigenvalue weighted by Gasteiger charge is 2.32. The molecule has 0 heterocycles. The normalized spacial score (nSPS) is 17.4. The Labute approximate surface area is 186 Å². The molecule has 5 rings (SSSR count). The van der Waals surface area contributed by atoms with Crippen molar-refractivity contribution in [2.24, 2.45) is 9.98 Å². The van der Waals surface area contributed by atoms with Gasteiger partial charge in [0.15, 0.2) is 0 Å². The quantitative estimate of drug-likeness (QED) is 0.393. The molecule has 0 aliphatic heterocycles. The molecular weight excluding hydrogens is 396 g/mol. The first-order chi connectivity index (χ1) is 15.7. The number of aromatic hydroxyl groups is 2. The molecule has 32 heavy (non-hydrogen) atoms. The number of hydrogen-bond acceptors (Lipinski definition) is 4. The number of fused-ring (bicyclic) bond motifs is 3. The molecule has 0 amide bonds. The maximum atomic E-state index is 10.2. The second-order valence-electron chi connectivity index (χ2n) is 7.74. The van der Waals surface area contributed by atoms with Crippen molar-refractivity contribution in [1.29, 1.82) is 0 Å². The zero-order valence-corrected chi connectivity index (χ0v) is 17.3. The third kappa shape index (κ3) is 3.67. The van der Waals surface area contributed by atoms with E-state index in [2.05, 4.69) is 24.3 Å². The molecule has 1 aliphatic carbocycles. The van der Waals surface area contributed by atoms with Gasteiger partial charge in [0.05, 0.1) is 0 Å². The summed E-state index contributed by atoms with van der Waals surface area (Å²) in [4.78, 5) is 9.82. The van der Waals surface area contributed by atoms with Gasteiger partial charge in [-0.3, -0.25) is 9.98 Å². The van der Waals surface area contributed by atoms with Crippen LogP contribution in [0.3, 0.4) is 0 Å². The van der Waals surface area contributed by atoms with Crippen LogP contribution in [-0.4, -0.2) is 22.6 Å². The molecule has 4 heteroatoms. The SMILES string of the molecule is Oc1ccccc1C=N[C@@H]1c2ccccc2-c2ccccc2[C@H]1N=Cc1ccccc1O. The van der Waals surface area contributed by atoms with Gasteiger partial charge < -0.3 is 10.2 Å². The summed E-state index contributed by atoms with van der Waals surface area (Å²) in [5, 5.41) is 20.4. The summed E-state index contributed by atoms with van der Waals surface area (Å²) in [6.07, 6.45) is 3.43. The number of phenolic OH excluding ortho intramolecular Hbond substituents is 2. The Bertz CT molecular complexity index is 1220. The van der Waals surface area contributed by atoms with Crippen LogP contribution in [-0.2, 0) is 0 Å². The van der Waals surface area contributed by atoms with Crippen LogP contribution in [0, 0.1) is 0 Å². The third-order valence-corrected chi connectivity index (χ3v) is 5.77. The second kappa shape index (κ2) is 8.52. The van der Waals surface area contributed by atoms with E-state index < -0.39 is 0 Å². The molecule has 0 saturated carbocycles. The Hall–Kier alpha value is -4.18. The summed E-state index contributed by atoms with van der Waals surface area (Å²) < 4.78 is 0. The first-order valence-electron chi connectivity index (χ1n) is 10.5. The number of hydrogen-bond donors (Lipinski definition) is 2. The maximum absolute atomic E-state index is 10.2. The predicted molar refractivity (Wildman–Crippen MR) is 129 cm³/mol. The maximum Gasteiger partial charge on any atom is 0.124 e. The van der Waals surface area contributed by atoms with Gasteiger partial charge in [-0.1, -0.05) is 72.8 Å². The van der Waals surface area contributed by atoms with Crippen molar-refractivity contribution in [3.8, 4) is 22.6 Å². The van der Waals surface area contributed by atoms with E-state index in [9.17, 15) is 10.2 Å². The first-order valence-corrected chi connectivity index (χ1v) is 10.5. The Balaban J connectivity index is 1.64. The molecule has 2 atom stereocenters. The molecule has 1 aliphatic rings. The van der Waals surface area contributed by atoms with Crippen molar-refractivity contribution in [2.45, 2.75) is 12.1 Å². The van der Waals surface area contributed by atoms with E-state index in [4.69, 9.17) is 9.98 Å². The van der Waals surface area contributed by atoms with Crippen LogP contribution in [0.4, 0.5) is 0 Å². The summed E-state index contributed by atoms with van der Waals surface area (Å²) in [5.74, 6) is 0.380. The van der Waals surface area contributed by atoms with E-state index in [1.54, 1.807) is 36.7 Å². The molecule has 2 N–H and O–H groups in total. The monoisotopic (exact) mass is 418 g/mol. The van der Waals surface area contributed by atoms with Gasteiger partial charge in [-0.2, -0.15) is 0 Å². The van der Waals surface area contributed by atoms with Crippen molar-refractivity contribution in [3.05, 3.63) is 119 Å². The minimum atomic E-state index is -0.275. The molecule has 0 unspecified atom stereocenters. The summed E-state index contributed by atoms with van der Waals surface area (Å²) in [5.41, 5.74) is 5.75. The van der Waals surface area contributed by atoms with E-state index in [-0.39, 0.29) is 23.6 Å². The largest absolute Gasteiger partial charge is 0.507 e. The lowest BCUT2D eigenvalue weighted by Crippen LogP contribution is -2.16. The summed E-state index contributed by atoms with van der Waals surface area (Å²) in [7, 11) is 0. The van der Waals surface area contributed by atoms with Gasteiger partial charge in [0.1, 0.15) is 23.6 Å². The fourth-order valence-corrected chi connectivity index (χ4v) is 4.18.